The van der Waals surface area contributed by atoms with E-state index in [0.717, 1.165) is 30.6 Å². The van der Waals surface area contributed by atoms with Crippen molar-refractivity contribution >= 4 is 18.0 Å². The molecule has 0 aliphatic carbocycles. The van der Waals surface area contributed by atoms with Crippen LogP contribution < -0.4 is 11.2 Å². The summed E-state index contributed by atoms with van der Waals surface area (Å²) in [6, 6.07) is -1.14. The summed E-state index contributed by atoms with van der Waals surface area (Å²) in [6.07, 6.45) is -2.03. The molecule has 26 heavy (non-hydrogen) atoms. The van der Waals surface area contributed by atoms with Crippen molar-refractivity contribution < 1.29 is 28.6 Å². The lowest BCUT2D eigenvalue weighted by atomic mass is 10.2. The number of likely N-dealkylation sites (tertiary alicyclic amines) is 1. The molecule has 2 heterocycles. The maximum Gasteiger partial charge on any atom is 0.412 e. The van der Waals surface area contributed by atoms with Crippen LogP contribution in [0, 0.1) is 6.92 Å². The molecule has 0 aromatic carbocycles. The average Bonchev–Trinajstić information content (AvgIpc) is 2.94. The number of nitrogens with zero attached hydrogens (tertiary/aromatic N) is 2. The van der Waals surface area contributed by atoms with Crippen molar-refractivity contribution in [2.24, 2.45) is 0 Å². The van der Waals surface area contributed by atoms with E-state index in [2.05, 4.69) is 4.98 Å². The van der Waals surface area contributed by atoms with Crippen LogP contribution in [0.4, 0.5) is 4.79 Å². The Hall–Kier alpha value is -3.11. The molecule has 1 aromatic heterocycles. The second-order valence-corrected chi connectivity index (χ2v) is 5.69. The van der Waals surface area contributed by atoms with E-state index in [1.165, 1.54) is 13.1 Å². The summed E-state index contributed by atoms with van der Waals surface area (Å²) < 4.78 is 15.6. The summed E-state index contributed by atoms with van der Waals surface area (Å²) in [5, 5.41) is 0. The lowest BCUT2D eigenvalue weighted by Gasteiger charge is -2.30. The first-order valence-corrected chi connectivity index (χ1v) is 7.64. The molecule has 0 radical (unpaired) electrons. The minimum absolute atomic E-state index is 0.101. The number of methoxy groups -OCH3 is 2. The number of carbonyl (C=O) groups excluding carboxylic acids is 3. The van der Waals surface area contributed by atoms with Crippen molar-refractivity contribution in [3.63, 3.8) is 0 Å². The van der Waals surface area contributed by atoms with E-state index in [4.69, 9.17) is 14.2 Å². The highest BCUT2D eigenvalue weighted by Crippen LogP contribution is 2.35. The van der Waals surface area contributed by atoms with E-state index in [-0.39, 0.29) is 12.0 Å². The molecule has 1 aromatic rings. The van der Waals surface area contributed by atoms with Crippen molar-refractivity contribution in [3.05, 3.63) is 32.6 Å². The van der Waals surface area contributed by atoms with Gasteiger partial charge in [0.1, 0.15) is 12.1 Å². The van der Waals surface area contributed by atoms with Gasteiger partial charge in [0, 0.05) is 25.1 Å². The number of nitrogens with one attached hydrogen (secondary N) is 1. The number of aromatic amines is 1. The fourth-order valence-electron chi connectivity index (χ4n) is 2.92. The van der Waals surface area contributed by atoms with Gasteiger partial charge in [-0.05, 0) is 6.92 Å². The van der Waals surface area contributed by atoms with Gasteiger partial charge in [0.05, 0.1) is 14.2 Å². The van der Waals surface area contributed by atoms with Gasteiger partial charge in [-0.2, -0.15) is 0 Å². The lowest BCUT2D eigenvalue weighted by molar-refractivity contribution is -0.149. The highest BCUT2D eigenvalue weighted by molar-refractivity contribution is 5.82. The molecule has 1 saturated heterocycles. The van der Waals surface area contributed by atoms with E-state index in [1.807, 2.05) is 0 Å². The highest BCUT2D eigenvalue weighted by atomic mass is 16.6. The Balaban J connectivity index is 2.64. The van der Waals surface area contributed by atoms with Gasteiger partial charge in [0.2, 0.25) is 0 Å². The third kappa shape index (κ3) is 3.46. The third-order valence-electron chi connectivity index (χ3n) is 4.02. The average molecular weight is 369 g/mol. The molecule has 11 nitrogen and oxygen atoms in total. The van der Waals surface area contributed by atoms with Crippen molar-refractivity contribution in [3.8, 4) is 0 Å². The quantitative estimate of drug-likeness (QED) is 0.545. The first-order valence-electron chi connectivity index (χ1n) is 7.64. The molecule has 1 fully saturated rings. The zero-order valence-corrected chi connectivity index (χ0v) is 14.7. The van der Waals surface area contributed by atoms with Crippen LogP contribution in [0.3, 0.4) is 0 Å². The predicted molar refractivity (Wildman–Crippen MR) is 85.3 cm³/mol. The number of rotatable bonds is 3. The summed E-state index contributed by atoms with van der Waals surface area (Å²) in [7, 11) is 2.25. The molecule has 11 heteroatoms. The van der Waals surface area contributed by atoms with Crippen LogP contribution in [0.2, 0.25) is 0 Å². The molecule has 3 atom stereocenters. The number of amides is 1. The summed E-state index contributed by atoms with van der Waals surface area (Å²) in [5.74, 6) is -1.42. The lowest BCUT2D eigenvalue weighted by Crippen LogP contribution is -2.48. The summed E-state index contributed by atoms with van der Waals surface area (Å²) in [5.41, 5.74) is -1.23. The smallest absolute Gasteiger partial charge is 0.412 e. The molecule has 1 aliphatic rings. The van der Waals surface area contributed by atoms with Crippen LogP contribution >= 0.6 is 0 Å². The van der Waals surface area contributed by atoms with Gasteiger partial charge in [-0.1, -0.05) is 0 Å². The number of hydrogen-bond acceptors (Lipinski definition) is 8. The zero-order valence-electron chi connectivity index (χ0n) is 14.7. The van der Waals surface area contributed by atoms with Crippen LogP contribution in [-0.4, -0.2) is 58.8 Å². The van der Waals surface area contributed by atoms with Crippen molar-refractivity contribution in [1.82, 2.24) is 14.5 Å². The Morgan fingerprint density at radius 2 is 1.85 bits per heavy atom. The Kier molecular flexibility index (Phi) is 5.48. The maximum absolute atomic E-state index is 12.3. The second-order valence-electron chi connectivity index (χ2n) is 5.69. The van der Waals surface area contributed by atoms with Gasteiger partial charge >= 0.3 is 23.7 Å². The monoisotopic (exact) mass is 369 g/mol. The highest BCUT2D eigenvalue weighted by Gasteiger charge is 2.51. The van der Waals surface area contributed by atoms with Crippen LogP contribution in [0.5, 0.6) is 0 Å². The van der Waals surface area contributed by atoms with E-state index in [1.54, 1.807) is 0 Å². The molecule has 1 amide bonds. The maximum atomic E-state index is 12.3. The number of aromatic nitrogens is 2. The number of hydrogen-bond donors (Lipinski definition) is 1. The van der Waals surface area contributed by atoms with Crippen molar-refractivity contribution in [2.75, 3.05) is 14.2 Å². The standard InChI is InChI=1S/C15H19N3O8/c1-7-6-17(14(22)16-11(7)20)12-10(26-8(2)19)5-9(13(21)24-3)18(12)15(23)25-4/h6,9-10,12H,5H2,1-4H3,(H,16,20,22)/t9-,10+,12-/m0/s1. The van der Waals surface area contributed by atoms with Crippen LogP contribution in [-0.2, 0) is 23.8 Å². The normalized spacial score (nSPS) is 22.0. The predicted octanol–water partition coefficient (Wildman–Crippen LogP) is -0.711. The Morgan fingerprint density at radius 3 is 2.38 bits per heavy atom. The number of esters is 2. The fraction of sp³-hybridized carbons (Fsp3) is 0.533. The van der Waals surface area contributed by atoms with E-state index in [0.29, 0.717) is 0 Å². The van der Waals surface area contributed by atoms with Gasteiger partial charge in [0.25, 0.3) is 5.56 Å². The van der Waals surface area contributed by atoms with E-state index >= 15 is 0 Å². The SMILES string of the molecule is COC(=O)[C@@H]1C[C@@H](OC(C)=O)[C@@H](n2cc(C)c(=O)[nH]c2=O)N1C(=O)OC. The topological polar surface area (TPSA) is 137 Å². The van der Waals surface area contributed by atoms with Gasteiger partial charge in [0.15, 0.2) is 6.17 Å². The third-order valence-corrected chi connectivity index (χ3v) is 4.02. The zero-order chi connectivity index (χ0) is 19.6. The molecule has 0 saturated carbocycles. The van der Waals surface area contributed by atoms with E-state index < -0.39 is 47.6 Å². The first-order chi connectivity index (χ1) is 12.2. The molecule has 142 valence electrons. The minimum atomic E-state index is -1.20. The molecule has 1 aliphatic heterocycles. The molecule has 0 bridgehead atoms. The summed E-state index contributed by atoms with van der Waals surface area (Å²) >= 11 is 0. The van der Waals surface area contributed by atoms with Crippen LogP contribution in [0.1, 0.15) is 25.1 Å². The Labute approximate surface area is 147 Å². The summed E-state index contributed by atoms with van der Waals surface area (Å²) in [6.45, 7) is 2.62. The van der Waals surface area contributed by atoms with Gasteiger partial charge < -0.3 is 14.2 Å². The minimum Gasteiger partial charge on any atom is -0.467 e. The first kappa shape index (κ1) is 19.2. The number of aryl methyl sites for hydroxylation is 1. The number of H-pyrrole nitrogens is 1. The van der Waals surface area contributed by atoms with Crippen LogP contribution in [0.25, 0.3) is 0 Å². The molecule has 1 N–H and O–H groups in total. The van der Waals surface area contributed by atoms with Crippen molar-refractivity contribution in [1.29, 1.82) is 0 Å². The molecule has 2 rings (SSSR count). The molecular weight excluding hydrogens is 350 g/mol. The molecule has 0 spiro atoms. The van der Waals surface area contributed by atoms with Crippen molar-refractivity contribution in [2.45, 2.75) is 38.6 Å². The van der Waals surface area contributed by atoms with Gasteiger partial charge in [-0.15, -0.1) is 0 Å². The number of carbonyl (C=O) groups is 3. The largest absolute Gasteiger partial charge is 0.467 e. The second kappa shape index (κ2) is 7.42. The Morgan fingerprint density at radius 1 is 1.19 bits per heavy atom. The van der Waals surface area contributed by atoms with Gasteiger partial charge in [-0.3, -0.25) is 24.0 Å². The molecule has 0 unspecified atom stereocenters. The fourth-order valence-corrected chi connectivity index (χ4v) is 2.92. The van der Waals surface area contributed by atoms with Gasteiger partial charge in [-0.25, -0.2) is 14.4 Å². The van der Waals surface area contributed by atoms with E-state index in [9.17, 15) is 24.0 Å². The summed E-state index contributed by atoms with van der Waals surface area (Å²) in [4.78, 5) is 62.8. The number of ether oxygens (including phenoxy) is 3. The van der Waals surface area contributed by atoms with Crippen LogP contribution in [0.15, 0.2) is 15.8 Å². The molecular formula is C15H19N3O8. The Bertz CT molecular complexity index is 842.